The predicted molar refractivity (Wildman–Crippen MR) is 101 cm³/mol. The van der Waals surface area contributed by atoms with E-state index in [9.17, 15) is 0 Å². The molecule has 0 heterocycles. The van der Waals surface area contributed by atoms with Gasteiger partial charge in [0.05, 0.1) is 0 Å². The van der Waals surface area contributed by atoms with Crippen LogP contribution in [0.3, 0.4) is 0 Å². The normalized spacial score (nSPS) is 12.4. The first-order valence-corrected chi connectivity index (χ1v) is 9.88. The molecule has 0 aliphatic carbocycles. The molecule has 0 rings (SSSR count). The topological polar surface area (TPSA) is 3.24 Å². The van der Waals surface area contributed by atoms with Gasteiger partial charge in [0.2, 0.25) is 0 Å². The summed E-state index contributed by atoms with van der Waals surface area (Å²) in [6.07, 6.45) is 21.6. The molecule has 1 atom stereocenters. The van der Waals surface area contributed by atoms with Crippen molar-refractivity contribution in [1.29, 1.82) is 0 Å². The number of unbranched alkanes of at least 4 members (excludes halogenated alkanes) is 12. The second kappa shape index (κ2) is 18.9. The third-order valence-electron chi connectivity index (χ3n) is 4.84. The lowest BCUT2D eigenvalue weighted by molar-refractivity contribution is 0.264. The molecule has 0 aromatic rings. The van der Waals surface area contributed by atoms with Gasteiger partial charge in [0.25, 0.3) is 0 Å². The maximum Gasteiger partial charge on any atom is 0.00865 e. The third-order valence-corrected chi connectivity index (χ3v) is 4.84. The number of halogens is 1. The van der Waals surface area contributed by atoms with Gasteiger partial charge in [-0.05, 0) is 26.9 Å². The fraction of sp³-hybridized carbons (Fsp3) is 1.00. The second-order valence-corrected chi connectivity index (χ2v) is 7.06. The summed E-state index contributed by atoms with van der Waals surface area (Å²) in [6, 6.07) is 0.803. The van der Waals surface area contributed by atoms with E-state index in [0.29, 0.717) is 0 Å². The third kappa shape index (κ3) is 16.3. The molecule has 136 valence electrons. The van der Waals surface area contributed by atoms with Crippen LogP contribution in [0.25, 0.3) is 0 Å². The Morgan fingerprint density at radius 1 is 0.591 bits per heavy atom. The zero-order valence-electron chi connectivity index (χ0n) is 16.0. The van der Waals surface area contributed by atoms with E-state index in [0.717, 1.165) is 6.04 Å². The van der Waals surface area contributed by atoms with E-state index in [4.69, 9.17) is 0 Å². The summed E-state index contributed by atoms with van der Waals surface area (Å²) in [6.45, 7) is 4.61. The molecule has 0 radical (unpaired) electrons. The van der Waals surface area contributed by atoms with Crippen molar-refractivity contribution in [3.05, 3.63) is 0 Å². The lowest BCUT2D eigenvalue weighted by Gasteiger charge is -2.22. The van der Waals surface area contributed by atoms with Crippen LogP contribution in [0.4, 0.5) is 4.70 Å². The summed E-state index contributed by atoms with van der Waals surface area (Å²) < 4.78 is 0. The Morgan fingerprint density at radius 3 is 1.27 bits per heavy atom. The highest BCUT2D eigenvalue weighted by Crippen LogP contribution is 2.14. The molecule has 0 fully saturated rings. The van der Waals surface area contributed by atoms with Crippen molar-refractivity contribution in [2.24, 2.45) is 0 Å². The zero-order chi connectivity index (χ0) is 15.8. The van der Waals surface area contributed by atoms with Crippen LogP contribution in [0.1, 0.15) is 110 Å². The molecule has 0 saturated heterocycles. The van der Waals surface area contributed by atoms with E-state index in [2.05, 4.69) is 32.8 Å². The molecule has 0 aliphatic heterocycles. The molecule has 1 unspecified atom stereocenters. The summed E-state index contributed by atoms with van der Waals surface area (Å²) in [5.41, 5.74) is 0. The van der Waals surface area contributed by atoms with Gasteiger partial charge in [-0.3, -0.25) is 4.70 Å². The molecular formula is C20H44FN. The van der Waals surface area contributed by atoms with Crippen LogP contribution in [0.2, 0.25) is 0 Å². The van der Waals surface area contributed by atoms with E-state index in [1.165, 1.54) is 96.3 Å². The van der Waals surface area contributed by atoms with Crippen LogP contribution in [-0.2, 0) is 0 Å². The molecule has 0 aromatic carbocycles. The first-order valence-electron chi connectivity index (χ1n) is 9.88. The van der Waals surface area contributed by atoms with Gasteiger partial charge in [0.1, 0.15) is 0 Å². The Hall–Kier alpha value is -0.110. The highest BCUT2D eigenvalue weighted by Gasteiger charge is 2.07. The van der Waals surface area contributed by atoms with Crippen molar-refractivity contribution < 1.29 is 4.70 Å². The van der Waals surface area contributed by atoms with E-state index < -0.39 is 0 Å². The molecule has 22 heavy (non-hydrogen) atoms. The highest BCUT2D eigenvalue weighted by atomic mass is 19.0. The lowest BCUT2D eigenvalue weighted by atomic mass is 10.0. The number of hydrogen-bond donors (Lipinski definition) is 0. The lowest BCUT2D eigenvalue weighted by Crippen LogP contribution is -2.26. The first-order chi connectivity index (χ1) is 10.2. The average molecular weight is 318 g/mol. The first kappa shape index (κ1) is 24.1. The van der Waals surface area contributed by atoms with Gasteiger partial charge >= 0.3 is 0 Å². The van der Waals surface area contributed by atoms with E-state index in [-0.39, 0.29) is 4.70 Å². The van der Waals surface area contributed by atoms with Crippen molar-refractivity contribution in [1.82, 2.24) is 4.90 Å². The SMILES string of the molecule is CCCCCCCCCCCCCCCC(CC)N(C)C.F. The molecule has 0 amide bonds. The molecule has 2 heteroatoms. The van der Waals surface area contributed by atoms with Gasteiger partial charge in [-0.15, -0.1) is 0 Å². The maximum absolute atomic E-state index is 2.39. The van der Waals surface area contributed by atoms with Crippen LogP contribution in [-0.4, -0.2) is 25.0 Å². The largest absolute Gasteiger partial charge is 0.306 e. The maximum atomic E-state index is 2.39. The van der Waals surface area contributed by atoms with Crippen molar-refractivity contribution in [3.8, 4) is 0 Å². The number of nitrogens with zero attached hydrogens (tertiary/aromatic N) is 1. The summed E-state index contributed by atoms with van der Waals surface area (Å²) in [5.74, 6) is 0. The van der Waals surface area contributed by atoms with E-state index >= 15 is 0 Å². The Kier molecular flexibility index (Phi) is 20.8. The van der Waals surface area contributed by atoms with Gasteiger partial charge in [-0.25, -0.2) is 0 Å². The van der Waals surface area contributed by atoms with Crippen LogP contribution in [0.5, 0.6) is 0 Å². The summed E-state index contributed by atoms with van der Waals surface area (Å²) in [4.78, 5) is 2.39. The van der Waals surface area contributed by atoms with Crippen molar-refractivity contribution in [3.63, 3.8) is 0 Å². The van der Waals surface area contributed by atoms with Crippen LogP contribution >= 0.6 is 0 Å². The number of hydrogen-bond acceptors (Lipinski definition) is 1. The van der Waals surface area contributed by atoms with Gasteiger partial charge < -0.3 is 4.90 Å². The standard InChI is InChI=1S/C20H43N.FH/c1-5-7-8-9-10-11-12-13-14-15-16-17-18-19-20(6-2)21(3)4;/h20H,5-19H2,1-4H3;1H. The van der Waals surface area contributed by atoms with Crippen molar-refractivity contribution >= 4 is 0 Å². The Labute approximate surface area is 140 Å². The second-order valence-electron chi connectivity index (χ2n) is 7.06. The quantitative estimate of drug-likeness (QED) is 0.278. The van der Waals surface area contributed by atoms with E-state index in [1.54, 1.807) is 0 Å². The highest BCUT2D eigenvalue weighted by molar-refractivity contribution is 4.63. The van der Waals surface area contributed by atoms with Gasteiger partial charge in [0, 0.05) is 6.04 Å². The Bertz CT molecular complexity index is 194. The van der Waals surface area contributed by atoms with Crippen LogP contribution < -0.4 is 0 Å². The van der Waals surface area contributed by atoms with Crippen LogP contribution in [0, 0.1) is 0 Å². The Morgan fingerprint density at radius 2 is 0.955 bits per heavy atom. The monoisotopic (exact) mass is 317 g/mol. The molecular weight excluding hydrogens is 273 g/mol. The molecule has 1 nitrogen and oxygen atoms in total. The fourth-order valence-electron chi connectivity index (χ4n) is 3.23. The van der Waals surface area contributed by atoms with E-state index in [1.807, 2.05) is 0 Å². The minimum absolute atomic E-state index is 0. The predicted octanol–water partition coefficient (Wildman–Crippen LogP) is 6.96. The molecule has 0 spiro atoms. The van der Waals surface area contributed by atoms with Gasteiger partial charge in [-0.2, -0.15) is 0 Å². The van der Waals surface area contributed by atoms with Gasteiger partial charge in [0.15, 0.2) is 0 Å². The number of rotatable bonds is 16. The summed E-state index contributed by atoms with van der Waals surface area (Å²) in [7, 11) is 4.44. The summed E-state index contributed by atoms with van der Waals surface area (Å²) >= 11 is 0. The zero-order valence-corrected chi connectivity index (χ0v) is 16.0. The molecule has 0 aromatic heterocycles. The molecule has 0 bridgehead atoms. The minimum Gasteiger partial charge on any atom is -0.306 e. The van der Waals surface area contributed by atoms with Crippen LogP contribution in [0.15, 0.2) is 0 Å². The Balaban J connectivity index is 0. The fourth-order valence-corrected chi connectivity index (χ4v) is 3.23. The average Bonchev–Trinajstić information content (AvgIpc) is 2.47. The molecule has 0 aliphatic rings. The molecule has 0 saturated carbocycles. The summed E-state index contributed by atoms with van der Waals surface area (Å²) in [5, 5.41) is 0. The van der Waals surface area contributed by atoms with Crippen molar-refractivity contribution in [2.75, 3.05) is 14.1 Å². The minimum atomic E-state index is 0. The smallest absolute Gasteiger partial charge is 0.00865 e. The van der Waals surface area contributed by atoms with Crippen molar-refractivity contribution in [2.45, 2.75) is 116 Å². The van der Waals surface area contributed by atoms with Gasteiger partial charge in [-0.1, -0.05) is 97.3 Å². The molecule has 0 N–H and O–H groups in total.